The Hall–Kier alpha value is -2.48. The average molecular weight is 337 g/mol. The fraction of sp³-hybridized carbons (Fsp3) is 0.200. The van der Waals surface area contributed by atoms with Crippen LogP contribution in [0.4, 0.5) is 10.1 Å². The summed E-state index contributed by atoms with van der Waals surface area (Å²) in [6.07, 6.45) is 4.15. The van der Waals surface area contributed by atoms with Gasteiger partial charge in [-0.2, -0.15) is 0 Å². The Morgan fingerprint density at radius 3 is 2.57 bits per heavy atom. The first-order chi connectivity index (χ1) is 10.9. The van der Waals surface area contributed by atoms with E-state index in [0.717, 1.165) is 22.2 Å². The van der Waals surface area contributed by atoms with Gasteiger partial charge in [0.1, 0.15) is 12.4 Å². The van der Waals surface area contributed by atoms with Gasteiger partial charge in [0.2, 0.25) is 15.9 Å². The van der Waals surface area contributed by atoms with Crippen molar-refractivity contribution in [2.24, 2.45) is 0 Å². The Labute approximate surface area is 134 Å². The number of anilines is 1. The highest BCUT2D eigenvalue weighted by molar-refractivity contribution is 7.92. The van der Waals surface area contributed by atoms with Gasteiger partial charge in [0, 0.05) is 18.9 Å². The van der Waals surface area contributed by atoms with E-state index < -0.39 is 28.3 Å². The maximum Gasteiger partial charge on any atom is 0.241 e. The predicted molar refractivity (Wildman–Crippen MR) is 84.7 cm³/mol. The van der Waals surface area contributed by atoms with Gasteiger partial charge in [-0.3, -0.25) is 14.1 Å². The summed E-state index contributed by atoms with van der Waals surface area (Å²) < 4.78 is 37.9. The molecule has 122 valence electrons. The van der Waals surface area contributed by atoms with Crippen LogP contribution in [-0.2, 0) is 21.4 Å². The topological polar surface area (TPSA) is 79.4 Å². The van der Waals surface area contributed by atoms with Crippen LogP contribution in [0.2, 0.25) is 0 Å². The van der Waals surface area contributed by atoms with Crippen molar-refractivity contribution in [2.45, 2.75) is 6.54 Å². The number of carbonyl (C=O) groups excluding carboxylic acids is 1. The van der Waals surface area contributed by atoms with Crippen LogP contribution in [0.5, 0.6) is 0 Å². The molecule has 0 atom stereocenters. The first kappa shape index (κ1) is 16.9. The lowest BCUT2D eigenvalue weighted by Crippen LogP contribution is -2.40. The molecule has 1 amide bonds. The Kier molecular flexibility index (Phi) is 5.28. The molecule has 1 heterocycles. The minimum absolute atomic E-state index is 0.103. The van der Waals surface area contributed by atoms with Gasteiger partial charge < -0.3 is 5.32 Å². The van der Waals surface area contributed by atoms with E-state index in [4.69, 9.17) is 0 Å². The number of nitrogens with zero attached hydrogens (tertiary/aromatic N) is 2. The van der Waals surface area contributed by atoms with E-state index in [1.165, 1.54) is 18.2 Å². The van der Waals surface area contributed by atoms with Crippen LogP contribution in [-0.4, -0.2) is 32.1 Å². The van der Waals surface area contributed by atoms with E-state index >= 15 is 0 Å². The molecule has 0 spiro atoms. The zero-order chi connectivity index (χ0) is 16.9. The van der Waals surface area contributed by atoms with E-state index in [-0.39, 0.29) is 12.2 Å². The Balaban J connectivity index is 2.08. The van der Waals surface area contributed by atoms with Gasteiger partial charge in [-0.05, 0) is 35.9 Å². The quantitative estimate of drug-likeness (QED) is 0.862. The van der Waals surface area contributed by atoms with Crippen molar-refractivity contribution in [1.29, 1.82) is 0 Å². The summed E-state index contributed by atoms with van der Waals surface area (Å²) in [6, 6.07) is 8.56. The van der Waals surface area contributed by atoms with Gasteiger partial charge in [0.15, 0.2) is 0 Å². The third-order valence-electron chi connectivity index (χ3n) is 3.02. The molecule has 0 aliphatic heterocycles. The molecule has 0 fully saturated rings. The molecular formula is C15H16FN3O3S. The van der Waals surface area contributed by atoms with Gasteiger partial charge in [0.25, 0.3) is 0 Å². The predicted octanol–water partition coefficient (Wildman–Crippen LogP) is 1.30. The van der Waals surface area contributed by atoms with E-state index in [1.54, 1.807) is 24.5 Å². The second-order valence-corrected chi connectivity index (χ2v) is 6.79. The number of pyridine rings is 1. The maximum absolute atomic E-state index is 13.3. The van der Waals surface area contributed by atoms with Crippen LogP contribution in [0.15, 0.2) is 48.8 Å². The molecule has 6 nitrogen and oxygen atoms in total. The summed E-state index contributed by atoms with van der Waals surface area (Å²) in [5.41, 5.74) is 0.941. The molecule has 0 unspecified atom stereocenters. The van der Waals surface area contributed by atoms with Crippen molar-refractivity contribution >= 4 is 21.6 Å². The second kappa shape index (κ2) is 7.19. The largest absolute Gasteiger partial charge is 0.350 e. The van der Waals surface area contributed by atoms with Crippen molar-refractivity contribution in [3.8, 4) is 0 Å². The lowest BCUT2D eigenvalue weighted by Gasteiger charge is -2.21. The fourth-order valence-corrected chi connectivity index (χ4v) is 2.77. The van der Waals surface area contributed by atoms with Crippen LogP contribution < -0.4 is 9.62 Å². The fourth-order valence-electron chi connectivity index (χ4n) is 1.92. The van der Waals surface area contributed by atoms with Gasteiger partial charge >= 0.3 is 0 Å². The summed E-state index contributed by atoms with van der Waals surface area (Å²) >= 11 is 0. The normalized spacial score (nSPS) is 11.0. The Morgan fingerprint density at radius 1 is 1.26 bits per heavy atom. The smallest absolute Gasteiger partial charge is 0.241 e. The summed E-state index contributed by atoms with van der Waals surface area (Å²) in [6.45, 7) is -0.171. The maximum atomic E-state index is 13.3. The second-order valence-electron chi connectivity index (χ2n) is 4.88. The van der Waals surface area contributed by atoms with Crippen LogP contribution in [0.3, 0.4) is 0 Å². The number of amides is 1. The number of rotatable bonds is 6. The molecule has 0 aliphatic carbocycles. The monoisotopic (exact) mass is 337 g/mol. The third-order valence-corrected chi connectivity index (χ3v) is 4.16. The molecule has 1 aromatic heterocycles. The van der Waals surface area contributed by atoms with E-state index in [1.807, 2.05) is 0 Å². The molecule has 1 N–H and O–H groups in total. The number of hydrogen-bond acceptors (Lipinski definition) is 4. The lowest BCUT2D eigenvalue weighted by molar-refractivity contribution is -0.119. The van der Waals surface area contributed by atoms with Crippen LogP contribution in [0.1, 0.15) is 5.56 Å². The van der Waals surface area contributed by atoms with Crippen molar-refractivity contribution in [3.63, 3.8) is 0 Å². The molecule has 23 heavy (non-hydrogen) atoms. The SMILES string of the molecule is CS(=O)(=O)N(CC(=O)NCc1ccncc1)c1cccc(F)c1. The van der Waals surface area contributed by atoms with Crippen molar-refractivity contribution in [2.75, 3.05) is 17.1 Å². The molecular weight excluding hydrogens is 321 g/mol. The number of hydrogen-bond donors (Lipinski definition) is 1. The highest BCUT2D eigenvalue weighted by Gasteiger charge is 2.21. The molecule has 0 radical (unpaired) electrons. The molecule has 0 saturated heterocycles. The Bertz CT molecular complexity index is 782. The zero-order valence-corrected chi connectivity index (χ0v) is 13.3. The molecule has 0 aliphatic rings. The van der Waals surface area contributed by atoms with E-state index in [9.17, 15) is 17.6 Å². The van der Waals surface area contributed by atoms with Crippen molar-refractivity contribution < 1.29 is 17.6 Å². The molecule has 2 aromatic rings. The summed E-state index contributed by atoms with van der Waals surface area (Å²) in [7, 11) is -3.72. The summed E-state index contributed by atoms with van der Waals surface area (Å²) in [5.74, 6) is -1.06. The van der Waals surface area contributed by atoms with Gasteiger partial charge in [-0.25, -0.2) is 12.8 Å². The Morgan fingerprint density at radius 2 is 1.96 bits per heavy atom. The van der Waals surface area contributed by atoms with Gasteiger partial charge in [-0.15, -0.1) is 0 Å². The third kappa shape index (κ3) is 5.03. The number of nitrogens with one attached hydrogen (secondary N) is 1. The number of sulfonamides is 1. The number of benzene rings is 1. The number of carbonyl (C=O) groups is 1. The highest BCUT2D eigenvalue weighted by atomic mass is 32.2. The number of aromatic nitrogens is 1. The standard InChI is InChI=1S/C15H16FN3O3S/c1-23(21,22)19(14-4-2-3-13(16)9-14)11-15(20)18-10-12-5-7-17-8-6-12/h2-9H,10-11H2,1H3,(H,18,20). The highest BCUT2D eigenvalue weighted by Crippen LogP contribution is 2.18. The minimum Gasteiger partial charge on any atom is -0.350 e. The van der Waals surface area contributed by atoms with Crippen LogP contribution in [0.25, 0.3) is 0 Å². The molecule has 2 rings (SSSR count). The van der Waals surface area contributed by atoms with Gasteiger partial charge in [0.05, 0.1) is 11.9 Å². The average Bonchev–Trinajstić information content (AvgIpc) is 2.50. The van der Waals surface area contributed by atoms with E-state index in [0.29, 0.717) is 0 Å². The van der Waals surface area contributed by atoms with Crippen molar-refractivity contribution in [3.05, 3.63) is 60.2 Å². The van der Waals surface area contributed by atoms with Crippen molar-refractivity contribution in [1.82, 2.24) is 10.3 Å². The minimum atomic E-state index is -3.72. The van der Waals surface area contributed by atoms with Crippen LogP contribution in [0, 0.1) is 5.82 Å². The zero-order valence-electron chi connectivity index (χ0n) is 12.4. The molecule has 0 saturated carbocycles. The number of halogens is 1. The molecule has 1 aromatic carbocycles. The van der Waals surface area contributed by atoms with Gasteiger partial charge in [-0.1, -0.05) is 6.07 Å². The van der Waals surface area contributed by atoms with E-state index in [2.05, 4.69) is 10.3 Å². The first-order valence-corrected chi connectivity index (χ1v) is 8.60. The molecule has 8 heteroatoms. The lowest BCUT2D eigenvalue weighted by atomic mass is 10.2. The summed E-state index contributed by atoms with van der Waals surface area (Å²) in [5, 5.41) is 2.62. The van der Waals surface area contributed by atoms with Crippen LogP contribution >= 0.6 is 0 Å². The molecule has 0 bridgehead atoms. The summed E-state index contributed by atoms with van der Waals surface area (Å²) in [4.78, 5) is 15.9. The first-order valence-electron chi connectivity index (χ1n) is 6.75.